The second-order valence-electron chi connectivity index (χ2n) is 7.70. The van der Waals surface area contributed by atoms with Gasteiger partial charge in [-0.15, -0.1) is 0 Å². The molecule has 30 heavy (non-hydrogen) atoms. The van der Waals surface area contributed by atoms with Crippen LogP contribution in [0, 0.1) is 12.8 Å². The smallest absolute Gasteiger partial charge is 0.278 e. The van der Waals surface area contributed by atoms with E-state index in [1.807, 2.05) is 33.1 Å². The minimum Gasteiger partial charge on any atom is -0.330 e. The molecule has 0 saturated carbocycles. The normalized spacial score (nSPS) is 11.3. The van der Waals surface area contributed by atoms with Gasteiger partial charge in [0.1, 0.15) is 12.1 Å². The molecule has 0 unspecified atom stereocenters. The highest BCUT2D eigenvalue weighted by Crippen LogP contribution is 2.20. The molecule has 0 aliphatic heterocycles. The molecule has 158 valence electrons. The monoisotopic (exact) mass is 426 g/mol. The number of nitrogens with one attached hydrogen (secondary N) is 1. The number of anilines is 1. The van der Waals surface area contributed by atoms with Gasteiger partial charge in [0.05, 0.1) is 5.52 Å². The number of hydrogen-bond donors (Lipinski definition) is 1. The Morgan fingerprint density at radius 2 is 1.93 bits per heavy atom. The molecule has 2 heterocycles. The summed E-state index contributed by atoms with van der Waals surface area (Å²) in [6.07, 6.45) is 1.90. The lowest BCUT2D eigenvalue weighted by molar-refractivity contribution is -0.116. The SMILES string of the molecule is CSc1nc2cc(C)n(CC(=O)Nc3cccc(C(C)=O)c3)c2c(=O)n1CC(C)C. The van der Waals surface area contributed by atoms with E-state index in [1.54, 1.807) is 33.4 Å². The Hall–Kier alpha value is -2.87. The van der Waals surface area contributed by atoms with Crippen molar-refractivity contribution in [2.75, 3.05) is 11.6 Å². The van der Waals surface area contributed by atoms with E-state index < -0.39 is 0 Å². The summed E-state index contributed by atoms with van der Waals surface area (Å²) in [5.74, 6) is -0.0611. The van der Waals surface area contributed by atoms with Crippen LogP contribution in [0.4, 0.5) is 5.69 Å². The first-order chi connectivity index (χ1) is 14.2. The van der Waals surface area contributed by atoms with Crippen LogP contribution in [0.3, 0.4) is 0 Å². The molecule has 0 fully saturated rings. The van der Waals surface area contributed by atoms with E-state index >= 15 is 0 Å². The highest BCUT2D eigenvalue weighted by Gasteiger charge is 2.18. The fourth-order valence-corrected chi connectivity index (χ4v) is 3.96. The zero-order chi connectivity index (χ0) is 22.0. The fourth-order valence-electron chi connectivity index (χ4n) is 3.39. The van der Waals surface area contributed by atoms with Gasteiger partial charge in [-0.25, -0.2) is 4.98 Å². The minimum atomic E-state index is -0.278. The van der Waals surface area contributed by atoms with E-state index in [9.17, 15) is 14.4 Å². The standard InChI is InChI=1S/C22H26N4O3S/c1-13(2)11-26-21(29)20-18(24-22(26)30-5)9-14(3)25(20)12-19(28)23-17-8-6-7-16(10-17)15(4)27/h6-10,13H,11-12H2,1-5H3,(H,23,28). The van der Waals surface area contributed by atoms with Crippen molar-refractivity contribution in [3.05, 3.63) is 51.9 Å². The Kier molecular flexibility index (Phi) is 6.45. The van der Waals surface area contributed by atoms with Crippen molar-refractivity contribution < 1.29 is 9.59 Å². The number of carbonyl (C=O) groups is 2. The maximum atomic E-state index is 13.3. The van der Waals surface area contributed by atoms with Crippen LogP contribution in [0.25, 0.3) is 11.0 Å². The molecule has 3 aromatic rings. The molecule has 7 nitrogen and oxygen atoms in total. The number of Topliss-reactive ketones (excluding diaryl/α,β-unsaturated/α-hetero) is 1. The number of amides is 1. The Morgan fingerprint density at radius 3 is 2.57 bits per heavy atom. The predicted octanol–water partition coefficient (Wildman–Crippen LogP) is 3.73. The van der Waals surface area contributed by atoms with Crippen molar-refractivity contribution in [2.24, 2.45) is 5.92 Å². The molecule has 0 aliphatic carbocycles. The molecule has 0 bridgehead atoms. The van der Waals surface area contributed by atoms with Crippen LogP contribution in [0.1, 0.15) is 36.8 Å². The number of benzene rings is 1. The van der Waals surface area contributed by atoms with Gasteiger partial charge in [-0.3, -0.25) is 19.0 Å². The third kappa shape index (κ3) is 4.48. The number of nitrogens with zero attached hydrogens (tertiary/aromatic N) is 3. The lowest BCUT2D eigenvalue weighted by Crippen LogP contribution is -2.28. The largest absolute Gasteiger partial charge is 0.330 e. The summed E-state index contributed by atoms with van der Waals surface area (Å²) < 4.78 is 3.39. The summed E-state index contributed by atoms with van der Waals surface area (Å²) in [4.78, 5) is 42.2. The third-order valence-corrected chi connectivity index (χ3v) is 5.44. The van der Waals surface area contributed by atoms with Crippen LogP contribution in [-0.2, 0) is 17.9 Å². The molecule has 0 spiro atoms. The van der Waals surface area contributed by atoms with E-state index in [0.29, 0.717) is 34.0 Å². The van der Waals surface area contributed by atoms with E-state index in [-0.39, 0.29) is 29.7 Å². The van der Waals surface area contributed by atoms with E-state index in [0.717, 1.165) is 5.69 Å². The molecule has 1 N–H and O–H groups in total. The van der Waals surface area contributed by atoms with Crippen molar-refractivity contribution in [2.45, 2.75) is 45.9 Å². The second-order valence-corrected chi connectivity index (χ2v) is 8.47. The topological polar surface area (TPSA) is 86.0 Å². The van der Waals surface area contributed by atoms with Gasteiger partial charge in [-0.05, 0) is 44.2 Å². The molecule has 2 aromatic heterocycles. The van der Waals surface area contributed by atoms with Crippen LogP contribution in [0.5, 0.6) is 0 Å². The van der Waals surface area contributed by atoms with Gasteiger partial charge in [0.15, 0.2) is 10.9 Å². The molecule has 1 amide bonds. The lowest BCUT2D eigenvalue weighted by atomic mass is 10.1. The molecule has 0 atom stereocenters. The number of carbonyl (C=O) groups excluding carboxylic acids is 2. The van der Waals surface area contributed by atoms with Gasteiger partial charge in [-0.1, -0.05) is 37.7 Å². The molecular weight excluding hydrogens is 400 g/mol. The lowest BCUT2D eigenvalue weighted by Gasteiger charge is -2.14. The molecule has 3 rings (SSSR count). The van der Waals surface area contributed by atoms with Crippen molar-refractivity contribution in [3.8, 4) is 0 Å². The van der Waals surface area contributed by atoms with Gasteiger partial charge >= 0.3 is 0 Å². The predicted molar refractivity (Wildman–Crippen MR) is 120 cm³/mol. The van der Waals surface area contributed by atoms with Gasteiger partial charge < -0.3 is 9.88 Å². The van der Waals surface area contributed by atoms with Crippen LogP contribution in [0.15, 0.2) is 40.3 Å². The molecule has 1 aromatic carbocycles. The molecular formula is C22H26N4O3S. The third-order valence-electron chi connectivity index (χ3n) is 4.76. The summed E-state index contributed by atoms with van der Waals surface area (Å²) in [6.45, 7) is 7.98. The second kappa shape index (κ2) is 8.87. The number of aryl methyl sites for hydroxylation is 1. The Morgan fingerprint density at radius 1 is 1.20 bits per heavy atom. The van der Waals surface area contributed by atoms with Crippen molar-refractivity contribution in [3.63, 3.8) is 0 Å². The molecule has 8 heteroatoms. The number of aromatic nitrogens is 3. The average molecular weight is 427 g/mol. The zero-order valence-corrected chi connectivity index (χ0v) is 18.7. The number of ketones is 1. The summed E-state index contributed by atoms with van der Waals surface area (Å²) in [7, 11) is 0. The van der Waals surface area contributed by atoms with E-state index in [4.69, 9.17) is 0 Å². The average Bonchev–Trinajstić information content (AvgIpc) is 2.99. The van der Waals surface area contributed by atoms with E-state index in [1.165, 1.54) is 18.7 Å². The first-order valence-corrected chi connectivity index (χ1v) is 11.0. The zero-order valence-electron chi connectivity index (χ0n) is 17.9. The molecule has 0 saturated heterocycles. The van der Waals surface area contributed by atoms with Crippen molar-refractivity contribution in [1.29, 1.82) is 0 Å². The number of rotatable bonds is 7. The summed E-state index contributed by atoms with van der Waals surface area (Å²) in [5, 5.41) is 3.48. The molecule has 0 radical (unpaired) electrons. The van der Waals surface area contributed by atoms with Gasteiger partial charge in [0.2, 0.25) is 5.91 Å². The first kappa shape index (κ1) is 21.8. The summed E-state index contributed by atoms with van der Waals surface area (Å²) >= 11 is 1.44. The fraction of sp³-hybridized carbons (Fsp3) is 0.364. The Bertz CT molecular complexity index is 1180. The van der Waals surface area contributed by atoms with Crippen LogP contribution in [0.2, 0.25) is 0 Å². The van der Waals surface area contributed by atoms with Crippen LogP contribution < -0.4 is 10.9 Å². The number of hydrogen-bond acceptors (Lipinski definition) is 5. The van der Waals surface area contributed by atoms with Crippen molar-refractivity contribution in [1.82, 2.24) is 14.1 Å². The Labute approximate surface area is 179 Å². The summed E-state index contributed by atoms with van der Waals surface area (Å²) in [6, 6.07) is 8.63. The maximum absolute atomic E-state index is 13.3. The van der Waals surface area contributed by atoms with E-state index in [2.05, 4.69) is 10.3 Å². The van der Waals surface area contributed by atoms with Crippen LogP contribution >= 0.6 is 11.8 Å². The van der Waals surface area contributed by atoms with Gasteiger partial charge in [0.25, 0.3) is 5.56 Å². The highest BCUT2D eigenvalue weighted by molar-refractivity contribution is 7.98. The van der Waals surface area contributed by atoms with Crippen molar-refractivity contribution >= 4 is 40.2 Å². The minimum absolute atomic E-state index is 0.0170. The Balaban J connectivity index is 1.97. The number of thioether (sulfide) groups is 1. The quantitative estimate of drug-likeness (QED) is 0.353. The van der Waals surface area contributed by atoms with Gasteiger partial charge in [0, 0.05) is 23.5 Å². The molecule has 0 aliphatic rings. The summed E-state index contributed by atoms with van der Waals surface area (Å²) in [5.41, 5.74) is 2.74. The van der Waals surface area contributed by atoms with Gasteiger partial charge in [-0.2, -0.15) is 0 Å². The first-order valence-electron chi connectivity index (χ1n) is 9.76. The number of fused-ring (bicyclic) bond motifs is 1. The highest BCUT2D eigenvalue weighted by atomic mass is 32.2. The maximum Gasteiger partial charge on any atom is 0.278 e. The van der Waals surface area contributed by atoms with Crippen LogP contribution in [-0.4, -0.2) is 32.1 Å².